The van der Waals surface area contributed by atoms with Crippen molar-refractivity contribution in [3.05, 3.63) is 35.1 Å². The number of aryl methyl sites for hydroxylation is 1. The van der Waals surface area contributed by atoms with Crippen molar-refractivity contribution in [2.45, 2.75) is 25.7 Å². The Labute approximate surface area is 101 Å². The Balaban J connectivity index is 2.52. The Morgan fingerprint density at radius 1 is 1.06 bits per heavy atom. The minimum absolute atomic E-state index is 0.0305. The van der Waals surface area contributed by atoms with Gasteiger partial charge in [0, 0.05) is 12.5 Å². The van der Waals surface area contributed by atoms with Gasteiger partial charge >= 0.3 is 5.97 Å². The van der Waals surface area contributed by atoms with Gasteiger partial charge in [0.25, 0.3) is 0 Å². The highest BCUT2D eigenvalue weighted by Gasteiger charge is 2.11. The maximum atomic E-state index is 13.2. The summed E-state index contributed by atoms with van der Waals surface area (Å²) in [6, 6.07) is 1.19. The van der Waals surface area contributed by atoms with Gasteiger partial charge in [-0.1, -0.05) is 0 Å². The third-order valence-electron chi connectivity index (χ3n) is 2.34. The second kappa shape index (κ2) is 6.18. The third kappa shape index (κ3) is 4.20. The maximum absolute atomic E-state index is 13.2. The molecule has 0 aliphatic rings. The van der Waals surface area contributed by atoms with Crippen molar-refractivity contribution in [2.75, 3.05) is 0 Å². The molecule has 6 heteroatoms. The standard InChI is InChI=1S/C12H11F3O3/c13-9-6-11(15)10(14)4-7(9)2-1-3-8(16)5-12(17)18/h4,6H,1-3,5H2,(H,17,18). The predicted octanol–water partition coefficient (Wildman–Crippen LogP) is 2.47. The molecule has 0 spiro atoms. The van der Waals surface area contributed by atoms with Crippen molar-refractivity contribution >= 4 is 11.8 Å². The van der Waals surface area contributed by atoms with Crippen molar-refractivity contribution in [1.29, 1.82) is 0 Å². The number of hydrogen-bond acceptors (Lipinski definition) is 2. The van der Waals surface area contributed by atoms with Gasteiger partial charge in [-0.15, -0.1) is 0 Å². The summed E-state index contributed by atoms with van der Waals surface area (Å²) in [5, 5.41) is 8.34. The summed E-state index contributed by atoms with van der Waals surface area (Å²) in [7, 11) is 0. The molecule has 0 radical (unpaired) electrons. The number of aliphatic carboxylic acids is 1. The average molecular weight is 260 g/mol. The lowest BCUT2D eigenvalue weighted by Gasteiger charge is -2.03. The van der Waals surface area contributed by atoms with E-state index in [2.05, 4.69) is 0 Å². The van der Waals surface area contributed by atoms with Crippen LogP contribution in [0, 0.1) is 17.5 Å². The molecule has 1 aromatic carbocycles. The van der Waals surface area contributed by atoms with Crippen LogP contribution in [0.15, 0.2) is 12.1 Å². The lowest BCUT2D eigenvalue weighted by atomic mass is 10.0. The first-order valence-electron chi connectivity index (χ1n) is 5.27. The number of carboxylic acid groups (broad SMARTS) is 1. The van der Waals surface area contributed by atoms with Crippen molar-refractivity contribution in [1.82, 2.24) is 0 Å². The van der Waals surface area contributed by atoms with Gasteiger partial charge in [-0.2, -0.15) is 0 Å². The fraction of sp³-hybridized carbons (Fsp3) is 0.333. The van der Waals surface area contributed by atoms with Crippen LogP contribution in [0.3, 0.4) is 0 Å². The van der Waals surface area contributed by atoms with Gasteiger partial charge < -0.3 is 5.11 Å². The van der Waals surface area contributed by atoms with Crippen LogP contribution in [0.2, 0.25) is 0 Å². The number of carbonyl (C=O) groups excluding carboxylic acids is 1. The highest BCUT2D eigenvalue weighted by molar-refractivity contribution is 5.94. The zero-order chi connectivity index (χ0) is 13.7. The molecule has 0 aliphatic heterocycles. The summed E-state index contributed by atoms with van der Waals surface area (Å²) in [6.07, 6.45) is -0.381. The summed E-state index contributed by atoms with van der Waals surface area (Å²) < 4.78 is 38.6. The molecule has 0 fully saturated rings. The first-order valence-corrected chi connectivity index (χ1v) is 5.27. The zero-order valence-electron chi connectivity index (χ0n) is 9.38. The molecule has 0 saturated heterocycles. The second-order valence-corrected chi connectivity index (χ2v) is 3.82. The molecular formula is C12H11F3O3. The molecule has 1 aromatic rings. The summed E-state index contributed by atoms with van der Waals surface area (Å²) in [5.41, 5.74) is -0.0305. The number of carboxylic acids is 1. The number of halogens is 3. The van der Waals surface area contributed by atoms with Crippen LogP contribution >= 0.6 is 0 Å². The number of rotatable bonds is 6. The lowest BCUT2D eigenvalue weighted by Crippen LogP contribution is -2.07. The highest BCUT2D eigenvalue weighted by Crippen LogP contribution is 2.16. The largest absolute Gasteiger partial charge is 0.481 e. The zero-order valence-corrected chi connectivity index (χ0v) is 9.38. The topological polar surface area (TPSA) is 54.4 Å². The van der Waals surface area contributed by atoms with E-state index in [0.717, 1.165) is 6.07 Å². The second-order valence-electron chi connectivity index (χ2n) is 3.82. The van der Waals surface area contributed by atoms with Gasteiger partial charge in [0.05, 0.1) is 0 Å². The van der Waals surface area contributed by atoms with Crippen LogP contribution in [0.1, 0.15) is 24.8 Å². The number of carbonyl (C=O) groups is 2. The molecule has 0 heterocycles. The number of hydrogen-bond donors (Lipinski definition) is 1. The maximum Gasteiger partial charge on any atom is 0.310 e. The molecular weight excluding hydrogens is 249 g/mol. The summed E-state index contributed by atoms with van der Waals surface area (Å²) in [5.74, 6) is -4.99. The first-order chi connectivity index (χ1) is 8.40. The Morgan fingerprint density at radius 3 is 2.28 bits per heavy atom. The number of benzene rings is 1. The molecule has 0 amide bonds. The van der Waals surface area contributed by atoms with Gasteiger partial charge in [0.15, 0.2) is 11.6 Å². The first kappa shape index (κ1) is 14.2. The van der Waals surface area contributed by atoms with E-state index in [1.807, 2.05) is 0 Å². The molecule has 0 saturated carbocycles. The van der Waals surface area contributed by atoms with E-state index in [-0.39, 0.29) is 24.8 Å². The minimum Gasteiger partial charge on any atom is -0.481 e. The fourth-order valence-electron chi connectivity index (χ4n) is 1.49. The van der Waals surface area contributed by atoms with Crippen molar-refractivity contribution in [2.24, 2.45) is 0 Å². The van der Waals surface area contributed by atoms with E-state index in [0.29, 0.717) is 6.07 Å². The summed E-state index contributed by atoms with van der Waals surface area (Å²) in [4.78, 5) is 21.2. The normalized spacial score (nSPS) is 10.4. The molecule has 98 valence electrons. The Bertz CT molecular complexity index is 472. The average Bonchev–Trinajstić information content (AvgIpc) is 2.24. The van der Waals surface area contributed by atoms with Crippen LogP contribution in [-0.2, 0) is 16.0 Å². The molecule has 0 atom stereocenters. The van der Waals surface area contributed by atoms with Gasteiger partial charge in [-0.05, 0) is 24.5 Å². The van der Waals surface area contributed by atoms with E-state index >= 15 is 0 Å². The molecule has 3 nitrogen and oxygen atoms in total. The highest BCUT2D eigenvalue weighted by atomic mass is 19.2. The van der Waals surface area contributed by atoms with Gasteiger partial charge in [0.2, 0.25) is 0 Å². The smallest absolute Gasteiger partial charge is 0.310 e. The molecule has 0 bridgehead atoms. The van der Waals surface area contributed by atoms with Crippen LogP contribution < -0.4 is 0 Å². The Hall–Kier alpha value is -1.85. The molecule has 1 rings (SSSR count). The van der Waals surface area contributed by atoms with Crippen LogP contribution in [-0.4, -0.2) is 16.9 Å². The van der Waals surface area contributed by atoms with Crippen molar-refractivity contribution in [3.8, 4) is 0 Å². The molecule has 0 unspecified atom stereocenters. The SMILES string of the molecule is O=C(O)CC(=O)CCCc1cc(F)c(F)cc1F. The van der Waals surface area contributed by atoms with E-state index in [1.54, 1.807) is 0 Å². The van der Waals surface area contributed by atoms with Crippen molar-refractivity contribution in [3.63, 3.8) is 0 Å². The van der Waals surface area contributed by atoms with Crippen LogP contribution in [0.5, 0.6) is 0 Å². The predicted molar refractivity (Wildman–Crippen MR) is 56.5 cm³/mol. The fourth-order valence-corrected chi connectivity index (χ4v) is 1.49. The van der Waals surface area contributed by atoms with Crippen LogP contribution in [0.25, 0.3) is 0 Å². The Kier molecular flexibility index (Phi) is 4.88. The molecule has 0 aliphatic carbocycles. The molecule has 1 N–H and O–H groups in total. The minimum atomic E-state index is -1.27. The monoisotopic (exact) mass is 260 g/mol. The number of Topliss-reactive ketones (excluding diaryl/α,β-unsaturated/α-hetero) is 1. The van der Waals surface area contributed by atoms with E-state index in [1.165, 1.54) is 0 Å². The van der Waals surface area contributed by atoms with E-state index < -0.39 is 35.6 Å². The quantitative estimate of drug-likeness (QED) is 0.631. The van der Waals surface area contributed by atoms with Gasteiger partial charge in [-0.25, -0.2) is 13.2 Å². The van der Waals surface area contributed by atoms with Gasteiger partial charge in [-0.3, -0.25) is 9.59 Å². The third-order valence-corrected chi connectivity index (χ3v) is 2.34. The van der Waals surface area contributed by atoms with E-state index in [4.69, 9.17) is 5.11 Å². The van der Waals surface area contributed by atoms with E-state index in [9.17, 15) is 22.8 Å². The summed E-state index contributed by atoms with van der Waals surface area (Å²) >= 11 is 0. The molecule has 0 aromatic heterocycles. The lowest BCUT2D eigenvalue weighted by molar-refractivity contribution is -0.140. The van der Waals surface area contributed by atoms with Crippen molar-refractivity contribution < 1.29 is 27.9 Å². The van der Waals surface area contributed by atoms with Crippen LogP contribution in [0.4, 0.5) is 13.2 Å². The van der Waals surface area contributed by atoms with Gasteiger partial charge in [0.1, 0.15) is 18.0 Å². The number of ketones is 1. The molecule has 18 heavy (non-hydrogen) atoms. The summed E-state index contributed by atoms with van der Waals surface area (Å²) in [6.45, 7) is 0. The Morgan fingerprint density at radius 2 is 1.67 bits per heavy atom.